The maximum absolute atomic E-state index is 13.2. The van der Waals surface area contributed by atoms with Gasteiger partial charge in [-0.15, -0.1) is 0 Å². The Labute approximate surface area is 240 Å². The van der Waals surface area contributed by atoms with Crippen molar-refractivity contribution in [1.82, 2.24) is 14.5 Å². The van der Waals surface area contributed by atoms with Gasteiger partial charge in [-0.2, -0.15) is 4.31 Å². The highest BCUT2D eigenvalue weighted by Crippen LogP contribution is 2.43. The van der Waals surface area contributed by atoms with Crippen LogP contribution >= 0.6 is 0 Å². The highest BCUT2D eigenvalue weighted by atomic mass is 32.2. The van der Waals surface area contributed by atoms with Gasteiger partial charge in [0.05, 0.1) is 18.6 Å². The van der Waals surface area contributed by atoms with Gasteiger partial charge in [-0.05, 0) is 94.3 Å². The molecule has 0 unspecified atom stereocenters. The fourth-order valence-electron chi connectivity index (χ4n) is 6.44. The Morgan fingerprint density at radius 2 is 1.68 bits per heavy atom. The summed E-state index contributed by atoms with van der Waals surface area (Å²) in [5.74, 6) is 0.476. The van der Waals surface area contributed by atoms with Crippen molar-refractivity contribution in [3.8, 4) is 5.75 Å². The predicted octanol–water partition coefficient (Wildman–Crippen LogP) is 4.39. The van der Waals surface area contributed by atoms with Crippen LogP contribution in [-0.4, -0.2) is 76.6 Å². The number of methoxy groups -OCH3 is 1. The third kappa shape index (κ3) is 6.87. The van der Waals surface area contributed by atoms with Crippen LogP contribution in [0, 0.1) is 13.8 Å². The Hall–Kier alpha value is -2.46. The second-order valence-electron chi connectivity index (χ2n) is 11.3. The zero-order valence-electron chi connectivity index (χ0n) is 24.4. The number of rotatable bonds is 11. The third-order valence-corrected chi connectivity index (χ3v) is 10.7. The van der Waals surface area contributed by atoms with Gasteiger partial charge in [0.2, 0.25) is 15.9 Å². The molecule has 0 bridgehead atoms. The number of carbonyl (C=O) groups is 1. The van der Waals surface area contributed by atoms with E-state index in [4.69, 9.17) is 9.47 Å². The minimum atomic E-state index is -3.70. The lowest BCUT2D eigenvalue weighted by Crippen LogP contribution is -2.53. The normalized spacial score (nSPS) is 22.3. The van der Waals surface area contributed by atoms with E-state index in [2.05, 4.69) is 40.5 Å². The number of sulfonamides is 1. The largest absolute Gasteiger partial charge is 0.497 e. The first-order valence-corrected chi connectivity index (χ1v) is 15.9. The Morgan fingerprint density at radius 1 is 1.05 bits per heavy atom. The van der Waals surface area contributed by atoms with E-state index in [1.54, 1.807) is 33.1 Å². The monoisotopic (exact) mass is 571 g/mol. The standard InChI is InChI=1S/C31H45N3O5S/c1-24-21-28(38-4)22-25(2)30(24)40(36,37)33(3)19-20-39-23-29(35)32-27-13-15-31(16-14-27,26-11-7-5-8-12-26)34-17-9-6-10-18-34/h5,7-8,11-12,21-22,27H,6,9-10,13-20,23H2,1-4H3,(H,32,35). The number of nitrogens with zero attached hydrogens (tertiary/aromatic N) is 2. The summed E-state index contributed by atoms with van der Waals surface area (Å²) < 4.78 is 38.5. The summed E-state index contributed by atoms with van der Waals surface area (Å²) in [7, 11) is -0.607. The van der Waals surface area contributed by atoms with E-state index < -0.39 is 10.0 Å². The van der Waals surface area contributed by atoms with Crippen molar-refractivity contribution in [1.29, 1.82) is 0 Å². The molecule has 2 aromatic rings. The van der Waals surface area contributed by atoms with Gasteiger partial charge in [-0.1, -0.05) is 36.8 Å². The van der Waals surface area contributed by atoms with Crippen LogP contribution in [0.2, 0.25) is 0 Å². The van der Waals surface area contributed by atoms with Crippen LogP contribution < -0.4 is 10.1 Å². The molecule has 1 saturated carbocycles. The molecule has 220 valence electrons. The van der Waals surface area contributed by atoms with E-state index in [1.807, 2.05) is 0 Å². The van der Waals surface area contributed by atoms with Gasteiger partial charge >= 0.3 is 0 Å². The maximum Gasteiger partial charge on any atom is 0.246 e. The average molecular weight is 572 g/mol. The van der Waals surface area contributed by atoms with Crippen LogP contribution in [0.4, 0.5) is 0 Å². The van der Waals surface area contributed by atoms with Crippen LogP contribution in [0.5, 0.6) is 5.75 Å². The van der Waals surface area contributed by atoms with Gasteiger partial charge in [-0.3, -0.25) is 9.69 Å². The summed E-state index contributed by atoms with van der Waals surface area (Å²) in [6.07, 6.45) is 7.72. The number of likely N-dealkylation sites (N-methyl/N-ethyl adjacent to an activating group) is 1. The number of amides is 1. The first-order valence-electron chi connectivity index (χ1n) is 14.5. The van der Waals surface area contributed by atoms with E-state index in [0.717, 1.165) is 38.8 Å². The van der Waals surface area contributed by atoms with E-state index >= 15 is 0 Å². The predicted molar refractivity (Wildman–Crippen MR) is 157 cm³/mol. The number of ether oxygens (including phenoxy) is 2. The molecule has 40 heavy (non-hydrogen) atoms. The topological polar surface area (TPSA) is 88.2 Å². The van der Waals surface area contributed by atoms with Gasteiger partial charge in [0, 0.05) is 25.2 Å². The highest BCUT2D eigenvalue weighted by molar-refractivity contribution is 7.89. The Morgan fingerprint density at radius 3 is 2.27 bits per heavy atom. The minimum Gasteiger partial charge on any atom is -0.497 e. The molecular weight excluding hydrogens is 526 g/mol. The van der Waals surface area contributed by atoms with Crippen molar-refractivity contribution in [3.05, 3.63) is 59.2 Å². The van der Waals surface area contributed by atoms with Gasteiger partial charge in [0.25, 0.3) is 0 Å². The number of piperidine rings is 1. The summed E-state index contributed by atoms with van der Waals surface area (Å²) in [4.78, 5) is 15.6. The Kier molecular flexibility index (Phi) is 10.3. The fourth-order valence-corrected chi connectivity index (χ4v) is 7.99. The maximum atomic E-state index is 13.2. The molecule has 1 aliphatic heterocycles. The second-order valence-corrected chi connectivity index (χ2v) is 13.2. The zero-order valence-corrected chi connectivity index (χ0v) is 25.3. The van der Waals surface area contributed by atoms with E-state index in [1.165, 1.54) is 36.2 Å². The minimum absolute atomic E-state index is 0.0517. The number of hydrogen-bond acceptors (Lipinski definition) is 6. The molecule has 1 aliphatic carbocycles. The molecule has 1 heterocycles. The first kappa shape index (κ1) is 30.5. The van der Waals surface area contributed by atoms with Crippen LogP contribution in [0.3, 0.4) is 0 Å². The van der Waals surface area contributed by atoms with Gasteiger partial charge in [0.15, 0.2) is 0 Å². The smallest absolute Gasteiger partial charge is 0.246 e. The summed E-state index contributed by atoms with van der Waals surface area (Å²) in [6, 6.07) is 14.4. The molecule has 9 heteroatoms. The molecule has 4 rings (SSSR count). The summed E-state index contributed by atoms with van der Waals surface area (Å²) in [5, 5.41) is 3.15. The van der Waals surface area contributed by atoms with Crippen LogP contribution in [0.25, 0.3) is 0 Å². The second kappa shape index (κ2) is 13.5. The zero-order chi connectivity index (χ0) is 28.8. The van der Waals surface area contributed by atoms with Crippen molar-refractivity contribution in [3.63, 3.8) is 0 Å². The molecule has 1 N–H and O–H groups in total. The molecule has 1 saturated heterocycles. The average Bonchev–Trinajstić information content (AvgIpc) is 2.96. The summed E-state index contributed by atoms with van der Waals surface area (Å²) >= 11 is 0. The molecule has 8 nitrogen and oxygen atoms in total. The van der Waals surface area contributed by atoms with Crippen LogP contribution in [0.15, 0.2) is 47.4 Å². The molecule has 2 aromatic carbocycles. The fraction of sp³-hybridized carbons (Fsp3) is 0.581. The SMILES string of the molecule is COc1cc(C)c(S(=O)(=O)N(C)CCOCC(=O)NC2CCC(c3ccccc3)(N3CCCCC3)CC2)c(C)c1. The molecule has 1 amide bonds. The molecule has 0 aromatic heterocycles. The quantitative estimate of drug-likeness (QED) is 0.403. The highest BCUT2D eigenvalue weighted by Gasteiger charge is 2.42. The van der Waals surface area contributed by atoms with Crippen molar-refractivity contribution < 1.29 is 22.7 Å². The molecule has 0 spiro atoms. The van der Waals surface area contributed by atoms with Crippen molar-refractivity contribution >= 4 is 15.9 Å². The number of carbonyl (C=O) groups excluding carboxylic acids is 1. The molecular formula is C31H45N3O5S. The lowest BCUT2D eigenvalue weighted by molar-refractivity contribution is -0.127. The third-order valence-electron chi connectivity index (χ3n) is 8.57. The Bertz CT molecular complexity index is 1210. The molecule has 0 atom stereocenters. The van der Waals surface area contributed by atoms with E-state index in [9.17, 15) is 13.2 Å². The number of likely N-dealkylation sites (tertiary alicyclic amines) is 1. The van der Waals surface area contributed by atoms with Gasteiger partial charge in [-0.25, -0.2) is 8.42 Å². The van der Waals surface area contributed by atoms with Crippen molar-refractivity contribution in [2.45, 2.75) is 75.3 Å². The Balaban J connectivity index is 1.25. The van der Waals surface area contributed by atoms with E-state index in [-0.39, 0.29) is 42.1 Å². The van der Waals surface area contributed by atoms with Gasteiger partial charge < -0.3 is 14.8 Å². The number of nitrogens with one attached hydrogen (secondary N) is 1. The number of benzene rings is 2. The first-order chi connectivity index (χ1) is 19.2. The number of aryl methyl sites for hydroxylation is 2. The van der Waals surface area contributed by atoms with Crippen LogP contribution in [0.1, 0.15) is 61.6 Å². The van der Waals surface area contributed by atoms with Gasteiger partial charge in [0.1, 0.15) is 12.4 Å². The van der Waals surface area contributed by atoms with E-state index in [0.29, 0.717) is 16.9 Å². The van der Waals surface area contributed by atoms with Crippen molar-refractivity contribution in [2.75, 3.05) is 47.0 Å². The lowest BCUT2D eigenvalue weighted by atomic mass is 9.73. The summed E-state index contributed by atoms with van der Waals surface area (Å²) in [6.45, 7) is 6.01. The van der Waals surface area contributed by atoms with Crippen molar-refractivity contribution in [2.24, 2.45) is 0 Å². The lowest BCUT2D eigenvalue weighted by Gasteiger charge is -2.50. The molecule has 0 radical (unpaired) electrons. The molecule has 2 fully saturated rings. The summed E-state index contributed by atoms with van der Waals surface area (Å²) in [5.41, 5.74) is 2.71. The van der Waals surface area contributed by atoms with Crippen LogP contribution in [-0.2, 0) is 25.1 Å². The molecule has 2 aliphatic rings. The number of hydrogen-bond donors (Lipinski definition) is 1.